The second kappa shape index (κ2) is 9.17. The number of aromatic nitrogens is 2. The predicted octanol–water partition coefficient (Wildman–Crippen LogP) is 6.51. The van der Waals surface area contributed by atoms with Gasteiger partial charge in [0, 0.05) is 40.3 Å². The van der Waals surface area contributed by atoms with Gasteiger partial charge in [-0.2, -0.15) is 13.2 Å². The average molecular weight is 494 g/mol. The fourth-order valence-electron chi connectivity index (χ4n) is 4.10. The molecule has 176 valence electrons. The first-order valence-electron chi connectivity index (χ1n) is 10.9. The molecule has 0 spiro atoms. The van der Waals surface area contributed by atoms with Crippen LogP contribution in [0.2, 0.25) is 5.02 Å². The fourth-order valence-corrected chi connectivity index (χ4v) is 4.23. The van der Waals surface area contributed by atoms with Crippen molar-refractivity contribution in [3.05, 3.63) is 106 Å². The summed E-state index contributed by atoms with van der Waals surface area (Å²) in [6.07, 6.45) is -2.54. The average Bonchev–Trinajstić information content (AvgIpc) is 2.84. The molecule has 0 bridgehead atoms. The van der Waals surface area contributed by atoms with Crippen molar-refractivity contribution in [1.29, 1.82) is 0 Å². The molecule has 1 N–H and O–H groups in total. The number of rotatable bonds is 5. The third-order valence-corrected chi connectivity index (χ3v) is 6.00. The highest BCUT2D eigenvalue weighted by molar-refractivity contribution is 6.30. The van der Waals surface area contributed by atoms with Gasteiger partial charge in [-0.05, 0) is 59.2 Å². The van der Waals surface area contributed by atoms with Gasteiger partial charge in [0.15, 0.2) is 0 Å². The molecular formula is C27H19ClF3N3O. The number of alkyl halides is 3. The maximum atomic E-state index is 13.0. The first-order chi connectivity index (χ1) is 16.8. The molecule has 4 nitrogen and oxygen atoms in total. The van der Waals surface area contributed by atoms with Gasteiger partial charge in [0.1, 0.15) is 0 Å². The molecule has 2 aromatic heterocycles. The molecule has 2 heterocycles. The van der Waals surface area contributed by atoms with Gasteiger partial charge >= 0.3 is 6.18 Å². The zero-order valence-corrected chi connectivity index (χ0v) is 19.1. The van der Waals surface area contributed by atoms with E-state index < -0.39 is 12.7 Å². The number of benzene rings is 3. The van der Waals surface area contributed by atoms with Crippen molar-refractivity contribution in [3.8, 4) is 16.8 Å². The molecule has 0 saturated heterocycles. The van der Waals surface area contributed by atoms with Gasteiger partial charge in [-0.15, -0.1) is 0 Å². The lowest BCUT2D eigenvalue weighted by molar-refractivity contribution is -0.125. The lowest BCUT2D eigenvalue weighted by Crippen LogP contribution is -2.28. The SMILES string of the molecule is O=c1ccc2cnc3ccc(-c4ccc(Cl)cc4)cc3c2n1-c1ccc(CNCC(F)(F)F)cc1. The normalized spacial score (nSPS) is 11.9. The van der Waals surface area contributed by atoms with Crippen LogP contribution in [0.15, 0.2) is 89.9 Å². The van der Waals surface area contributed by atoms with Crippen molar-refractivity contribution in [3.63, 3.8) is 0 Å². The van der Waals surface area contributed by atoms with E-state index in [-0.39, 0.29) is 12.1 Å². The van der Waals surface area contributed by atoms with Crippen molar-refractivity contribution < 1.29 is 13.2 Å². The van der Waals surface area contributed by atoms with Crippen LogP contribution in [0.5, 0.6) is 0 Å². The molecule has 5 rings (SSSR count). The molecule has 0 radical (unpaired) electrons. The van der Waals surface area contributed by atoms with E-state index in [1.165, 1.54) is 6.07 Å². The van der Waals surface area contributed by atoms with Gasteiger partial charge in [0.25, 0.3) is 5.56 Å². The number of hydrogen-bond donors (Lipinski definition) is 1. The van der Waals surface area contributed by atoms with E-state index in [9.17, 15) is 18.0 Å². The van der Waals surface area contributed by atoms with Gasteiger partial charge in [-0.1, -0.05) is 41.9 Å². The van der Waals surface area contributed by atoms with E-state index in [1.807, 2.05) is 42.5 Å². The van der Waals surface area contributed by atoms with E-state index in [4.69, 9.17) is 11.6 Å². The molecule has 3 aromatic carbocycles. The van der Waals surface area contributed by atoms with E-state index in [2.05, 4.69) is 10.3 Å². The van der Waals surface area contributed by atoms with Gasteiger partial charge in [0.2, 0.25) is 0 Å². The zero-order chi connectivity index (χ0) is 24.6. The molecule has 0 aliphatic carbocycles. The Labute approximate surface area is 203 Å². The molecule has 0 atom stereocenters. The first kappa shape index (κ1) is 23.1. The van der Waals surface area contributed by atoms with Crippen molar-refractivity contribution in [2.75, 3.05) is 6.54 Å². The summed E-state index contributed by atoms with van der Waals surface area (Å²) in [4.78, 5) is 17.6. The van der Waals surface area contributed by atoms with Crippen LogP contribution in [0.3, 0.4) is 0 Å². The summed E-state index contributed by atoms with van der Waals surface area (Å²) in [5.74, 6) is 0. The molecule has 0 saturated carbocycles. The van der Waals surface area contributed by atoms with Crippen LogP contribution in [-0.4, -0.2) is 22.3 Å². The quantitative estimate of drug-likeness (QED) is 0.284. The largest absolute Gasteiger partial charge is 0.401 e. The third kappa shape index (κ3) is 4.92. The van der Waals surface area contributed by atoms with Crippen LogP contribution in [-0.2, 0) is 6.54 Å². The number of hydrogen-bond acceptors (Lipinski definition) is 3. The Morgan fingerprint density at radius 1 is 0.886 bits per heavy atom. The summed E-state index contributed by atoms with van der Waals surface area (Å²) in [6, 6.07) is 23.5. The van der Waals surface area contributed by atoms with Crippen LogP contribution in [0.25, 0.3) is 38.6 Å². The molecule has 0 amide bonds. The second-order valence-electron chi connectivity index (χ2n) is 8.19. The number of halogens is 4. The number of fused-ring (bicyclic) bond motifs is 3. The molecule has 5 aromatic rings. The standard InChI is InChI=1S/C27H19ClF3N3O/c28-21-7-3-18(4-8-21)19-5-11-24-23(13-19)26-20(15-33-24)6-12-25(35)34(26)22-9-1-17(2-10-22)14-32-16-27(29,30)31/h1-13,15,32H,14,16H2. The summed E-state index contributed by atoms with van der Waals surface area (Å²) in [5, 5.41) is 4.63. The topological polar surface area (TPSA) is 46.9 Å². The lowest BCUT2D eigenvalue weighted by atomic mass is 10.0. The van der Waals surface area contributed by atoms with Crippen molar-refractivity contribution in [2.45, 2.75) is 12.7 Å². The monoisotopic (exact) mass is 493 g/mol. The third-order valence-electron chi connectivity index (χ3n) is 5.74. The highest BCUT2D eigenvalue weighted by Crippen LogP contribution is 2.30. The molecule has 0 unspecified atom stereocenters. The summed E-state index contributed by atoms with van der Waals surface area (Å²) in [6.45, 7) is -0.992. The minimum Gasteiger partial charge on any atom is -0.305 e. The van der Waals surface area contributed by atoms with Gasteiger partial charge in [0.05, 0.1) is 17.6 Å². The van der Waals surface area contributed by atoms with E-state index in [0.29, 0.717) is 21.8 Å². The fraction of sp³-hybridized carbons (Fsp3) is 0.111. The molecule has 35 heavy (non-hydrogen) atoms. The van der Waals surface area contributed by atoms with E-state index >= 15 is 0 Å². The number of nitrogens with one attached hydrogen (secondary N) is 1. The summed E-state index contributed by atoms with van der Waals surface area (Å²) >= 11 is 6.04. The highest BCUT2D eigenvalue weighted by atomic mass is 35.5. The Hall–Kier alpha value is -3.68. The predicted molar refractivity (Wildman–Crippen MR) is 133 cm³/mol. The summed E-state index contributed by atoms with van der Waals surface area (Å²) < 4.78 is 38.8. The van der Waals surface area contributed by atoms with Crippen molar-refractivity contribution in [2.24, 2.45) is 0 Å². The van der Waals surface area contributed by atoms with Crippen molar-refractivity contribution in [1.82, 2.24) is 14.9 Å². The second-order valence-corrected chi connectivity index (χ2v) is 8.63. The molecular weight excluding hydrogens is 475 g/mol. The Balaban J connectivity index is 1.61. The number of nitrogens with zero attached hydrogens (tertiary/aromatic N) is 2. The van der Waals surface area contributed by atoms with Crippen LogP contribution in [0.4, 0.5) is 13.2 Å². The van der Waals surface area contributed by atoms with Crippen LogP contribution in [0, 0.1) is 0 Å². The smallest absolute Gasteiger partial charge is 0.305 e. The highest BCUT2D eigenvalue weighted by Gasteiger charge is 2.26. The Kier molecular flexibility index (Phi) is 6.05. The maximum absolute atomic E-state index is 13.0. The lowest BCUT2D eigenvalue weighted by Gasteiger charge is -2.14. The van der Waals surface area contributed by atoms with Gasteiger partial charge in [-0.25, -0.2) is 0 Å². The summed E-state index contributed by atoms with van der Waals surface area (Å²) in [5.41, 5.74) is 4.47. The van der Waals surface area contributed by atoms with Crippen LogP contribution >= 0.6 is 11.6 Å². The van der Waals surface area contributed by atoms with E-state index in [1.54, 1.807) is 41.1 Å². The Bertz CT molecular complexity index is 1580. The molecule has 0 aliphatic heterocycles. The molecule has 8 heteroatoms. The van der Waals surface area contributed by atoms with Crippen LogP contribution in [0.1, 0.15) is 5.56 Å². The Morgan fingerprint density at radius 3 is 2.31 bits per heavy atom. The van der Waals surface area contributed by atoms with Gasteiger partial charge < -0.3 is 5.32 Å². The van der Waals surface area contributed by atoms with Crippen molar-refractivity contribution >= 4 is 33.4 Å². The molecule has 0 aliphatic rings. The zero-order valence-electron chi connectivity index (χ0n) is 18.3. The maximum Gasteiger partial charge on any atom is 0.401 e. The van der Waals surface area contributed by atoms with Gasteiger partial charge in [-0.3, -0.25) is 14.3 Å². The Morgan fingerprint density at radius 2 is 1.60 bits per heavy atom. The minimum absolute atomic E-state index is 0.0710. The number of pyridine rings is 2. The summed E-state index contributed by atoms with van der Waals surface area (Å²) in [7, 11) is 0. The molecule has 0 fully saturated rings. The van der Waals surface area contributed by atoms with E-state index in [0.717, 1.165) is 27.4 Å². The minimum atomic E-state index is -4.27. The van der Waals surface area contributed by atoms with Crippen LogP contribution < -0.4 is 10.9 Å². The first-order valence-corrected chi connectivity index (χ1v) is 11.2.